The number of hydrogen-bond acceptors (Lipinski definition) is 5. The van der Waals surface area contributed by atoms with Crippen molar-refractivity contribution in [3.63, 3.8) is 0 Å². The van der Waals surface area contributed by atoms with Crippen LogP contribution in [0.1, 0.15) is 25.0 Å². The average molecular weight is 305 g/mol. The van der Waals surface area contributed by atoms with Crippen LogP contribution in [0.25, 0.3) is 0 Å². The predicted molar refractivity (Wildman–Crippen MR) is 79.9 cm³/mol. The van der Waals surface area contributed by atoms with E-state index in [1.807, 2.05) is 0 Å². The topological polar surface area (TPSA) is 83.9 Å². The summed E-state index contributed by atoms with van der Waals surface area (Å²) in [5.74, 6) is -1.99. The standard InChI is InChI=1S/C16H19NO5/c1-4-17-13-6-5-11(7-10(2)18)8-12(13)9-16(17,14(19)20)15(21)22-3/h5-6,8H,4,7,9H2,1-3H3,(H,19,20). The molecule has 1 heterocycles. The van der Waals surface area contributed by atoms with Crippen LogP contribution < -0.4 is 4.90 Å². The largest absolute Gasteiger partial charge is 0.479 e. The lowest BCUT2D eigenvalue weighted by atomic mass is 9.93. The Morgan fingerprint density at radius 2 is 2.05 bits per heavy atom. The molecule has 118 valence electrons. The van der Waals surface area contributed by atoms with E-state index in [1.165, 1.54) is 14.0 Å². The Labute approximate surface area is 128 Å². The highest BCUT2D eigenvalue weighted by molar-refractivity contribution is 6.09. The maximum atomic E-state index is 12.2. The molecule has 0 radical (unpaired) electrons. The first-order valence-corrected chi connectivity index (χ1v) is 7.07. The van der Waals surface area contributed by atoms with Gasteiger partial charge in [-0.2, -0.15) is 0 Å². The molecule has 1 aromatic carbocycles. The molecular weight excluding hydrogens is 286 g/mol. The number of rotatable bonds is 5. The summed E-state index contributed by atoms with van der Waals surface area (Å²) in [5, 5.41) is 9.66. The van der Waals surface area contributed by atoms with Gasteiger partial charge in [0.15, 0.2) is 0 Å². The molecule has 0 saturated carbocycles. The van der Waals surface area contributed by atoms with Crippen molar-refractivity contribution >= 4 is 23.4 Å². The number of esters is 1. The molecule has 1 N–H and O–H groups in total. The van der Waals surface area contributed by atoms with E-state index in [1.54, 1.807) is 30.0 Å². The molecule has 0 bridgehead atoms. The van der Waals surface area contributed by atoms with E-state index in [0.29, 0.717) is 12.2 Å². The third-order valence-corrected chi connectivity index (χ3v) is 3.99. The third-order valence-electron chi connectivity index (χ3n) is 3.99. The molecule has 1 aliphatic rings. The lowest BCUT2D eigenvalue weighted by Gasteiger charge is -2.33. The number of nitrogens with zero attached hydrogens (tertiary/aromatic N) is 1. The molecule has 1 aromatic rings. The first-order chi connectivity index (χ1) is 10.4. The highest BCUT2D eigenvalue weighted by Gasteiger charge is 2.56. The van der Waals surface area contributed by atoms with E-state index in [0.717, 1.165) is 11.1 Å². The summed E-state index contributed by atoms with van der Waals surface area (Å²) in [6, 6.07) is 5.36. The van der Waals surface area contributed by atoms with Gasteiger partial charge >= 0.3 is 11.9 Å². The SMILES string of the molecule is CCN1c2ccc(CC(C)=O)cc2CC1(C(=O)O)C(=O)OC. The van der Waals surface area contributed by atoms with E-state index in [-0.39, 0.29) is 18.6 Å². The number of fused-ring (bicyclic) bond motifs is 1. The lowest BCUT2D eigenvalue weighted by Crippen LogP contribution is -2.59. The zero-order valence-electron chi connectivity index (χ0n) is 12.9. The highest BCUT2D eigenvalue weighted by atomic mass is 16.5. The number of carbonyl (C=O) groups excluding carboxylic acids is 2. The summed E-state index contributed by atoms with van der Waals surface area (Å²) in [5.41, 5.74) is 0.519. The van der Waals surface area contributed by atoms with Gasteiger partial charge in [0.05, 0.1) is 7.11 Å². The molecule has 1 atom stereocenters. The van der Waals surface area contributed by atoms with E-state index >= 15 is 0 Å². The van der Waals surface area contributed by atoms with Crippen molar-refractivity contribution in [2.45, 2.75) is 32.2 Å². The summed E-state index contributed by atoms with van der Waals surface area (Å²) in [4.78, 5) is 36.8. The second-order valence-corrected chi connectivity index (χ2v) is 5.42. The van der Waals surface area contributed by atoms with Crippen LogP contribution in [-0.2, 0) is 32.0 Å². The van der Waals surface area contributed by atoms with E-state index in [4.69, 9.17) is 4.74 Å². The van der Waals surface area contributed by atoms with Crippen LogP contribution in [0, 0.1) is 0 Å². The van der Waals surface area contributed by atoms with Gasteiger partial charge in [-0.15, -0.1) is 0 Å². The number of carboxylic acids is 1. The fraction of sp³-hybridized carbons (Fsp3) is 0.438. The van der Waals surface area contributed by atoms with Crippen LogP contribution >= 0.6 is 0 Å². The summed E-state index contributed by atoms with van der Waals surface area (Å²) < 4.78 is 4.74. The monoisotopic (exact) mass is 305 g/mol. The average Bonchev–Trinajstić information content (AvgIpc) is 2.80. The molecule has 0 aromatic heterocycles. The van der Waals surface area contributed by atoms with Crippen molar-refractivity contribution in [2.75, 3.05) is 18.6 Å². The van der Waals surface area contributed by atoms with E-state index in [9.17, 15) is 19.5 Å². The maximum Gasteiger partial charge on any atom is 0.343 e. The first-order valence-electron chi connectivity index (χ1n) is 7.07. The number of likely N-dealkylation sites (N-methyl/N-ethyl adjacent to an activating group) is 1. The second-order valence-electron chi connectivity index (χ2n) is 5.42. The number of methoxy groups -OCH3 is 1. The van der Waals surface area contributed by atoms with Gasteiger partial charge in [-0.05, 0) is 31.0 Å². The van der Waals surface area contributed by atoms with Gasteiger partial charge in [-0.1, -0.05) is 12.1 Å². The quantitative estimate of drug-likeness (QED) is 0.650. The number of anilines is 1. The van der Waals surface area contributed by atoms with Gasteiger partial charge < -0.3 is 14.7 Å². The van der Waals surface area contributed by atoms with Crippen molar-refractivity contribution in [1.82, 2.24) is 0 Å². The van der Waals surface area contributed by atoms with E-state index < -0.39 is 17.5 Å². The summed E-state index contributed by atoms with van der Waals surface area (Å²) in [6.07, 6.45) is 0.321. The fourth-order valence-electron chi connectivity index (χ4n) is 3.09. The minimum atomic E-state index is -1.74. The van der Waals surface area contributed by atoms with Crippen LogP contribution in [0.5, 0.6) is 0 Å². The number of hydrogen-bond donors (Lipinski definition) is 1. The third kappa shape index (κ3) is 2.34. The van der Waals surface area contributed by atoms with Gasteiger partial charge in [0.2, 0.25) is 5.54 Å². The van der Waals surface area contributed by atoms with Gasteiger partial charge in [-0.3, -0.25) is 4.79 Å². The van der Waals surface area contributed by atoms with Crippen LogP contribution in [0.2, 0.25) is 0 Å². The predicted octanol–water partition coefficient (Wildman–Crippen LogP) is 1.20. The zero-order chi connectivity index (χ0) is 16.5. The van der Waals surface area contributed by atoms with Crippen LogP contribution in [0.4, 0.5) is 5.69 Å². The van der Waals surface area contributed by atoms with Gasteiger partial charge in [0.1, 0.15) is 5.78 Å². The Hall–Kier alpha value is -2.37. The van der Waals surface area contributed by atoms with Crippen molar-refractivity contribution in [2.24, 2.45) is 0 Å². The van der Waals surface area contributed by atoms with Gasteiger partial charge in [-0.25, -0.2) is 9.59 Å². The molecule has 0 aliphatic carbocycles. The molecule has 6 heteroatoms. The van der Waals surface area contributed by atoms with Crippen molar-refractivity contribution in [1.29, 1.82) is 0 Å². The summed E-state index contributed by atoms with van der Waals surface area (Å²) >= 11 is 0. The number of Topliss-reactive ketones (excluding diaryl/α,β-unsaturated/α-hetero) is 1. The van der Waals surface area contributed by atoms with Crippen molar-refractivity contribution < 1.29 is 24.2 Å². The fourth-order valence-corrected chi connectivity index (χ4v) is 3.09. The van der Waals surface area contributed by atoms with Gasteiger partial charge in [0, 0.05) is 25.1 Å². The molecule has 0 saturated heterocycles. The minimum absolute atomic E-state index is 0.0303. The van der Waals surface area contributed by atoms with Gasteiger partial charge in [0.25, 0.3) is 0 Å². The molecule has 6 nitrogen and oxygen atoms in total. The van der Waals surface area contributed by atoms with Crippen molar-refractivity contribution in [3.8, 4) is 0 Å². The number of benzene rings is 1. The number of aliphatic carboxylic acids is 1. The van der Waals surface area contributed by atoms with Crippen molar-refractivity contribution in [3.05, 3.63) is 29.3 Å². The summed E-state index contributed by atoms with van der Waals surface area (Å²) in [6.45, 7) is 3.65. The maximum absolute atomic E-state index is 12.2. The Morgan fingerprint density at radius 1 is 1.36 bits per heavy atom. The number of carboxylic acid groups (broad SMARTS) is 1. The molecule has 0 amide bonds. The Morgan fingerprint density at radius 3 is 2.55 bits per heavy atom. The van der Waals surface area contributed by atoms with E-state index in [2.05, 4.69) is 0 Å². The summed E-state index contributed by atoms with van der Waals surface area (Å²) in [7, 11) is 1.19. The normalized spacial score (nSPS) is 19.7. The molecule has 22 heavy (non-hydrogen) atoms. The molecule has 2 rings (SSSR count). The minimum Gasteiger partial charge on any atom is -0.479 e. The Kier molecular flexibility index (Phi) is 4.21. The highest BCUT2D eigenvalue weighted by Crippen LogP contribution is 2.40. The Balaban J connectivity index is 2.52. The molecule has 1 aliphatic heterocycles. The van der Waals surface area contributed by atoms with Crippen LogP contribution in [0.15, 0.2) is 18.2 Å². The lowest BCUT2D eigenvalue weighted by molar-refractivity contribution is -0.158. The number of ketones is 1. The smallest absolute Gasteiger partial charge is 0.343 e. The Bertz CT molecular complexity index is 639. The number of ether oxygens (including phenoxy) is 1. The molecule has 0 spiro atoms. The van der Waals surface area contributed by atoms with Crippen LogP contribution in [-0.4, -0.2) is 42.0 Å². The number of carbonyl (C=O) groups is 3. The molecular formula is C16H19NO5. The molecule has 0 fully saturated rings. The zero-order valence-corrected chi connectivity index (χ0v) is 12.9. The molecule has 1 unspecified atom stereocenters. The first kappa shape index (κ1) is 16.0. The van der Waals surface area contributed by atoms with Crippen LogP contribution in [0.3, 0.4) is 0 Å². The second kappa shape index (κ2) is 5.79.